The van der Waals surface area contributed by atoms with Crippen LogP contribution in [0.15, 0.2) is 64.5 Å². The zero-order valence-corrected chi connectivity index (χ0v) is 16.3. The largest absolute Gasteiger partial charge is 0.495 e. The van der Waals surface area contributed by atoms with Crippen LogP contribution in [0.25, 0.3) is 21.2 Å². The minimum Gasteiger partial charge on any atom is -0.495 e. The van der Waals surface area contributed by atoms with Crippen molar-refractivity contribution < 1.29 is 18.7 Å². The number of thiazole rings is 1. The lowest BCUT2D eigenvalue weighted by Gasteiger charge is -2.08. The standard InChI is InChI=1S/C21H18N2O4S/c1-4-11-23-18-15(25-2)9-10-16(26-3)19(18)28-21(23)22-20(24)17-12-13-7-5-6-8-14(13)27-17/h4-10,12H,1,11H2,2-3H3. The third kappa shape index (κ3) is 2.99. The minimum absolute atomic E-state index is 0.197. The molecule has 28 heavy (non-hydrogen) atoms. The van der Waals surface area contributed by atoms with E-state index in [1.54, 1.807) is 26.4 Å². The van der Waals surface area contributed by atoms with Crippen molar-refractivity contribution in [2.45, 2.75) is 6.54 Å². The fourth-order valence-electron chi connectivity index (χ4n) is 3.07. The van der Waals surface area contributed by atoms with Gasteiger partial charge in [0.1, 0.15) is 27.3 Å². The maximum Gasteiger partial charge on any atom is 0.315 e. The number of hydrogen-bond acceptors (Lipinski definition) is 5. The van der Waals surface area contributed by atoms with Crippen molar-refractivity contribution in [1.29, 1.82) is 0 Å². The van der Waals surface area contributed by atoms with E-state index < -0.39 is 5.91 Å². The Morgan fingerprint density at radius 1 is 1.21 bits per heavy atom. The molecule has 4 aromatic rings. The smallest absolute Gasteiger partial charge is 0.315 e. The maximum atomic E-state index is 12.8. The highest BCUT2D eigenvalue weighted by Gasteiger charge is 2.17. The highest BCUT2D eigenvalue weighted by molar-refractivity contribution is 7.16. The number of furan rings is 1. The van der Waals surface area contributed by atoms with E-state index in [-0.39, 0.29) is 5.76 Å². The van der Waals surface area contributed by atoms with E-state index in [0.29, 0.717) is 28.4 Å². The van der Waals surface area contributed by atoms with Crippen LogP contribution < -0.4 is 14.3 Å². The second-order valence-electron chi connectivity index (χ2n) is 6.00. The molecule has 0 radical (unpaired) electrons. The quantitative estimate of drug-likeness (QED) is 0.471. The Morgan fingerprint density at radius 2 is 1.96 bits per heavy atom. The van der Waals surface area contributed by atoms with Gasteiger partial charge >= 0.3 is 5.91 Å². The van der Waals surface area contributed by atoms with E-state index in [2.05, 4.69) is 11.6 Å². The van der Waals surface area contributed by atoms with Crippen LogP contribution in [0.5, 0.6) is 11.5 Å². The molecule has 0 N–H and O–H groups in total. The molecular weight excluding hydrogens is 376 g/mol. The molecule has 0 spiro atoms. The average molecular weight is 394 g/mol. The van der Waals surface area contributed by atoms with Crippen LogP contribution in [0, 0.1) is 0 Å². The third-order valence-corrected chi connectivity index (χ3v) is 5.43. The van der Waals surface area contributed by atoms with Crippen LogP contribution in [-0.4, -0.2) is 24.7 Å². The molecule has 1 amide bonds. The zero-order valence-electron chi connectivity index (χ0n) is 15.5. The number of rotatable bonds is 5. The molecule has 4 rings (SSSR count). The highest BCUT2D eigenvalue weighted by atomic mass is 32.1. The molecular formula is C21H18N2O4S. The van der Waals surface area contributed by atoms with Crippen LogP contribution in [0.3, 0.4) is 0 Å². The highest BCUT2D eigenvalue weighted by Crippen LogP contribution is 2.35. The van der Waals surface area contributed by atoms with Gasteiger partial charge in [0.2, 0.25) is 0 Å². The van der Waals surface area contributed by atoms with Gasteiger partial charge in [0.15, 0.2) is 10.6 Å². The number of benzene rings is 2. The number of methoxy groups -OCH3 is 2. The fraction of sp³-hybridized carbons (Fsp3) is 0.143. The van der Waals surface area contributed by atoms with E-state index in [1.165, 1.54) is 11.3 Å². The topological polar surface area (TPSA) is 66.0 Å². The van der Waals surface area contributed by atoms with Crippen LogP contribution in [-0.2, 0) is 6.54 Å². The van der Waals surface area contributed by atoms with Gasteiger partial charge in [0.05, 0.1) is 14.2 Å². The molecule has 0 saturated carbocycles. The van der Waals surface area contributed by atoms with Gasteiger partial charge in [-0.05, 0) is 24.3 Å². The van der Waals surface area contributed by atoms with Crippen molar-refractivity contribution in [3.05, 3.63) is 65.7 Å². The first-order valence-electron chi connectivity index (χ1n) is 8.59. The molecule has 0 saturated heterocycles. The molecule has 2 aromatic heterocycles. The van der Waals surface area contributed by atoms with Gasteiger partial charge in [0.25, 0.3) is 0 Å². The number of aromatic nitrogens is 1. The molecule has 142 valence electrons. The molecule has 0 aliphatic heterocycles. The molecule has 0 atom stereocenters. The predicted molar refractivity (Wildman–Crippen MR) is 109 cm³/mol. The van der Waals surface area contributed by atoms with E-state index in [9.17, 15) is 4.79 Å². The van der Waals surface area contributed by atoms with E-state index >= 15 is 0 Å². The number of allylic oxidation sites excluding steroid dienone is 1. The Hall–Kier alpha value is -3.32. The van der Waals surface area contributed by atoms with E-state index in [1.807, 2.05) is 41.0 Å². The van der Waals surface area contributed by atoms with Gasteiger partial charge < -0.3 is 18.5 Å². The van der Waals surface area contributed by atoms with Gasteiger partial charge in [0, 0.05) is 11.9 Å². The number of carbonyl (C=O) groups excluding carboxylic acids is 1. The number of fused-ring (bicyclic) bond motifs is 2. The number of amides is 1. The van der Waals surface area contributed by atoms with E-state index in [4.69, 9.17) is 13.9 Å². The molecule has 7 heteroatoms. The summed E-state index contributed by atoms with van der Waals surface area (Å²) in [5.74, 6) is 1.11. The Kier molecular flexibility index (Phi) is 4.75. The van der Waals surface area contributed by atoms with Crippen LogP contribution >= 0.6 is 11.3 Å². The summed E-state index contributed by atoms with van der Waals surface area (Å²) >= 11 is 1.36. The summed E-state index contributed by atoms with van der Waals surface area (Å²) in [5, 5.41) is 0.861. The molecule has 0 fully saturated rings. The fourth-order valence-corrected chi connectivity index (χ4v) is 4.21. The van der Waals surface area contributed by atoms with Crippen molar-refractivity contribution in [1.82, 2.24) is 4.57 Å². The first-order valence-corrected chi connectivity index (χ1v) is 9.40. The summed E-state index contributed by atoms with van der Waals surface area (Å²) in [6.45, 7) is 4.28. The van der Waals surface area contributed by atoms with Crippen molar-refractivity contribution >= 4 is 38.4 Å². The molecule has 2 aromatic carbocycles. The number of ether oxygens (including phenoxy) is 2. The second kappa shape index (κ2) is 7.36. The van der Waals surface area contributed by atoms with Crippen molar-refractivity contribution in [2.75, 3.05) is 14.2 Å². The molecule has 0 unspecified atom stereocenters. The Labute approximate surface area is 165 Å². The van der Waals surface area contributed by atoms with Gasteiger partial charge in [-0.2, -0.15) is 4.99 Å². The molecule has 0 aliphatic carbocycles. The lowest BCUT2D eigenvalue weighted by molar-refractivity contribution is 0.0973. The van der Waals surface area contributed by atoms with Gasteiger partial charge in [-0.1, -0.05) is 35.6 Å². The molecule has 6 nitrogen and oxygen atoms in total. The van der Waals surface area contributed by atoms with E-state index in [0.717, 1.165) is 15.6 Å². The lowest BCUT2D eigenvalue weighted by atomic mass is 10.2. The van der Waals surface area contributed by atoms with Gasteiger partial charge in [-0.3, -0.25) is 4.79 Å². The molecule has 0 aliphatic rings. The van der Waals surface area contributed by atoms with Gasteiger partial charge in [-0.15, -0.1) is 6.58 Å². The Balaban J connectivity index is 1.92. The molecule has 0 bridgehead atoms. The summed E-state index contributed by atoms with van der Waals surface area (Å²) < 4.78 is 19.4. The zero-order chi connectivity index (χ0) is 19.7. The SMILES string of the molecule is C=CCn1c(=NC(=O)c2cc3ccccc3o2)sc2c(OC)ccc(OC)c21. The number of para-hydroxylation sites is 1. The summed E-state index contributed by atoms with van der Waals surface area (Å²) in [6, 6.07) is 12.8. The first kappa shape index (κ1) is 18.1. The predicted octanol–water partition coefficient (Wildman–Crippen LogP) is 4.39. The number of hydrogen-bond donors (Lipinski definition) is 0. The van der Waals surface area contributed by atoms with Crippen LogP contribution in [0.4, 0.5) is 0 Å². The third-order valence-electron chi connectivity index (χ3n) is 4.34. The van der Waals surface area contributed by atoms with Crippen molar-refractivity contribution in [3.8, 4) is 11.5 Å². The van der Waals surface area contributed by atoms with Crippen LogP contribution in [0.2, 0.25) is 0 Å². The average Bonchev–Trinajstić information content (AvgIpc) is 3.30. The van der Waals surface area contributed by atoms with Crippen molar-refractivity contribution in [3.63, 3.8) is 0 Å². The maximum absolute atomic E-state index is 12.8. The van der Waals surface area contributed by atoms with Crippen LogP contribution in [0.1, 0.15) is 10.6 Å². The Bertz CT molecular complexity index is 1230. The summed E-state index contributed by atoms with van der Waals surface area (Å²) in [6.07, 6.45) is 1.75. The minimum atomic E-state index is -0.446. The van der Waals surface area contributed by atoms with Gasteiger partial charge in [-0.25, -0.2) is 0 Å². The second-order valence-corrected chi connectivity index (χ2v) is 6.97. The lowest BCUT2D eigenvalue weighted by Crippen LogP contribution is -2.16. The normalized spacial score (nSPS) is 11.9. The summed E-state index contributed by atoms with van der Waals surface area (Å²) in [7, 11) is 3.21. The Morgan fingerprint density at radius 3 is 2.68 bits per heavy atom. The van der Waals surface area contributed by atoms with Crippen molar-refractivity contribution in [2.24, 2.45) is 4.99 Å². The first-order chi connectivity index (χ1) is 13.7. The molecule has 2 heterocycles. The number of nitrogens with zero attached hydrogens (tertiary/aromatic N) is 2. The number of carbonyl (C=O) groups is 1. The monoisotopic (exact) mass is 394 g/mol. The summed E-state index contributed by atoms with van der Waals surface area (Å²) in [5.41, 5.74) is 1.46. The summed E-state index contributed by atoms with van der Waals surface area (Å²) in [4.78, 5) is 17.6.